The maximum absolute atomic E-state index is 3.51. The lowest BCUT2D eigenvalue weighted by molar-refractivity contribution is 0.692. The molecule has 0 saturated heterocycles. The Kier molecular flexibility index (Phi) is 4.00. The third-order valence-electron chi connectivity index (χ3n) is 3.55. The highest BCUT2D eigenvalue weighted by molar-refractivity contribution is 9.10. The molecule has 0 atom stereocenters. The van der Waals surface area contributed by atoms with Gasteiger partial charge in [-0.1, -0.05) is 52.3 Å². The van der Waals surface area contributed by atoms with E-state index in [0.717, 1.165) is 23.5 Å². The van der Waals surface area contributed by atoms with Crippen LogP contribution in [0.2, 0.25) is 0 Å². The van der Waals surface area contributed by atoms with Gasteiger partial charge in [0.1, 0.15) is 0 Å². The zero-order chi connectivity index (χ0) is 13.1. The summed E-state index contributed by atoms with van der Waals surface area (Å²) < 4.78 is 1.14. The Labute approximate surface area is 123 Å². The van der Waals surface area contributed by atoms with E-state index >= 15 is 0 Å². The first-order valence-corrected chi connectivity index (χ1v) is 7.64. The fourth-order valence-corrected chi connectivity index (χ4v) is 2.82. The van der Waals surface area contributed by atoms with Crippen LogP contribution in [0.15, 0.2) is 53.0 Å². The van der Waals surface area contributed by atoms with Gasteiger partial charge >= 0.3 is 0 Å². The maximum Gasteiger partial charge on any atom is 0.0209 e. The predicted octanol–water partition coefficient (Wildman–Crippen LogP) is 4.62. The lowest BCUT2D eigenvalue weighted by Gasteiger charge is -2.07. The predicted molar refractivity (Wildman–Crippen MR) is 83.1 cm³/mol. The third-order valence-corrected chi connectivity index (χ3v) is 4.04. The van der Waals surface area contributed by atoms with Gasteiger partial charge in [0.25, 0.3) is 0 Å². The van der Waals surface area contributed by atoms with Crippen molar-refractivity contribution in [1.29, 1.82) is 0 Å². The summed E-state index contributed by atoms with van der Waals surface area (Å²) in [7, 11) is 0. The quantitative estimate of drug-likeness (QED) is 0.849. The van der Waals surface area contributed by atoms with E-state index in [-0.39, 0.29) is 0 Å². The number of halogens is 1. The average Bonchev–Trinajstić information content (AvgIpc) is 3.23. The molecule has 1 saturated carbocycles. The Balaban J connectivity index is 1.55. The summed E-state index contributed by atoms with van der Waals surface area (Å²) in [6.45, 7) is 1.85. The SMILES string of the molecule is Brc1cccc(CNCc2cccc(C3CC3)c2)c1. The van der Waals surface area contributed by atoms with Gasteiger partial charge in [0.2, 0.25) is 0 Å². The largest absolute Gasteiger partial charge is 0.309 e. The summed E-state index contributed by atoms with van der Waals surface area (Å²) in [4.78, 5) is 0. The molecule has 1 aliphatic carbocycles. The van der Waals surface area contributed by atoms with Crippen molar-refractivity contribution in [3.8, 4) is 0 Å². The molecule has 3 rings (SSSR count). The molecule has 0 unspecified atom stereocenters. The summed E-state index contributed by atoms with van der Waals surface area (Å²) in [5.74, 6) is 0.838. The molecule has 0 radical (unpaired) electrons. The molecule has 19 heavy (non-hydrogen) atoms. The van der Waals surface area contributed by atoms with Gasteiger partial charge in [-0.3, -0.25) is 0 Å². The molecule has 0 aliphatic heterocycles. The summed E-state index contributed by atoms with van der Waals surface area (Å²) in [6.07, 6.45) is 2.74. The molecule has 0 heterocycles. The number of benzene rings is 2. The minimum atomic E-state index is 0.838. The smallest absolute Gasteiger partial charge is 0.0209 e. The topological polar surface area (TPSA) is 12.0 Å². The molecule has 0 spiro atoms. The molecule has 2 heteroatoms. The second kappa shape index (κ2) is 5.89. The van der Waals surface area contributed by atoms with Gasteiger partial charge in [0.05, 0.1) is 0 Å². The molecule has 98 valence electrons. The van der Waals surface area contributed by atoms with Crippen LogP contribution in [0, 0.1) is 0 Å². The standard InChI is InChI=1S/C17H18BrN/c18-17-6-2-4-14(10-17)12-19-11-13-3-1-5-16(9-13)15-7-8-15/h1-6,9-10,15,19H,7-8,11-12H2. The lowest BCUT2D eigenvalue weighted by Crippen LogP contribution is -2.12. The number of hydrogen-bond donors (Lipinski definition) is 1. The van der Waals surface area contributed by atoms with Gasteiger partial charge in [-0.25, -0.2) is 0 Å². The molecule has 1 N–H and O–H groups in total. The van der Waals surface area contributed by atoms with Crippen LogP contribution in [0.1, 0.15) is 35.4 Å². The highest BCUT2D eigenvalue weighted by Gasteiger charge is 2.23. The van der Waals surface area contributed by atoms with Gasteiger partial charge in [-0.05, 0) is 47.6 Å². The second-order valence-corrected chi connectivity index (χ2v) is 6.17. The molecule has 1 aliphatic rings. The van der Waals surface area contributed by atoms with Crippen molar-refractivity contribution in [3.05, 3.63) is 69.7 Å². The zero-order valence-electron chi connectivity index (χ0n) is 10.9. The fraction of sp³-hybridized carbons (Fsp3) is 0.294. The number of nitrogens with one attached hydrogen (secondary N) is 1. The molecule has 2 aromatic rings. The fourth-order valence-electron chi connectivity index (χ4n) is 2.37. The van der Waals surface area contributed by atoms with Crippen molar-refractivity contribution in [1.82, 2.24) is 5.32 Å². The highest BCUT2D eigenvalue weighted by atomic mass is 79.9. The third kappa shape index (κ3) is 3.68. The molecular weight excluding hydrogens is 298 g/mol. The first-order valence-electron chi connectivity index (χ1n) is 6.85. The number of hydrogen-bond acceptors (Lipinski definition) is 1. The summed E-state index contributed by atoms with van der Waals surface area (Å²) in [6, 6.07) is 17.5. The first-order chi connectivity index (χ1) is 9.31. The Bertz CT molecular complexity index is 561. The van der Waals surface area contributed by atoms with Crippen LogP contribution >= 0.6 is 15.9 Å². The van der Waals surface area contributed by atoms with Crippen molar-refractivity contribution in [2.75, 3.05) is 0 Å². The Hall–Kier alpha value is -1.12. The van der Waals surface area contributed by atoms with Crippen molar-refractivity contribution in [2.45, 2.75) is 31.8 Å². The second-order valence-electron chi connectivity index (χ2n) is 5.25. The van der Waals surface area contributed by atoms with E-state index in [0.29, 0.717) is 0 Å². The van der Waals surface area contributed by atoms with Crippen molar-refractivity contribution in [2.24, 2.45) is 0 Å². The minimum Gasteiger partial charge on any atom is -0.309 e. The molecule has 0 bridgehead atoms. The van der Waals surface area contributed by atoms with Gasteiger partial charge in [0.15, 0.2) is 0 Å². The Morgan fingerprint density at radius 3 is 2.32 bits per heavy atom. The molecule has 2 aromatic carbocycles. The molecule has 1 fully saturated rings. The van der Waals surface area contributed by atoms with Gasteiger partial charge < -0.3 is 5.32 Å². The first kappa shape index (κ1) is 12.9. The summed E-state index contributed by atoms with van der Waals surface area (Å²) >= 11 is 3.50. The average molecular weight is 316 g/mol. The monoisotopic (exact) mass is 315 g/mol. The van der Waals surface area contributed by atoms with Crippen LogP contribution in [0.25, 0.3) is 0 Å². The van der Waals surface area contributed by atoms with Crippen LogP contribution in [-0.2, 0) is 13.1 Å². The molecular formula is C17H18BrN. The van der Waals surface area contributed by atoms with E-state index < -0.39 is 0 Å². The number of rotatable bonds is 5. The zero-order valence-corrected chi connectivity index (χ0v) is 12.5. The van der Waals surface area contributed by atoms with Gasteiger partial charge in [0, 0.05) is 17.6 Å². The van der Waals surface area contributed by atoms with Crippen LogP contribution < -0.4 is 5.32 Å². The Morgan fingerprint density at radius 1 is 0.947 bits per heavy atom. The molecule has 1 nitrogen and oxygen atoms in total. The van der Waals surface area contributed by atoms with Crippen LogP contribution in [0.5, 0.6) is 0 Å². The van der Waals surface area contributed by atoms with Crippen LogP contribution in [0.3, 0.4) is 0 Å². The lowest BCUT2D eigenvalue weighted by atomic mass is 10.1. The highest BCUT2D eigenvalue weighted by Crippen LogP contribution is 2.40. The summed E-state index contributed by atoms with van der Waals surface area (Å²) in [5, 5.41) is 3.51. The van der Waals surface area contributed by atoms with Crippen molar-refractivity contribution in [3.63, 3.8) is 0 Å². The van der Waals surface area contributed by atoms with Crippen LogP contribution in [-0.4, -0.2) is 0 Å². The van der Waals surface area contributed by atoms with Gasteiger partial charge in [-0.15, -0.1) is 0 Å². The van der Waals surface area contributed by atoms with Crippen molar-refractivity contribution >= 4 is 15.9 Å². The van der Waals surface area contributed by atoms with Crippen LogP contribution in [0.4, 0.5) is 0 Å². The minimum absolute atomic E-state index is 0.838. The molecule has 0 amide bonds. The Morgan fingerprint density at radius 2 is 1.63 bits per heavy atom. The van der Waals surface area contributed by atoms with E-state index in [9.17, 15) is 0 Å². The van der Waals surface area contributed by atoms with E-state index in [2.05, 4.69) is 69.8 Å². The van der Waals surface area contributed by atoms with E-state index in [4.69, 9.17) is 0 Å². The van der Waals surface area contributed by atoms with Gasteiger partial charge in [-0.2, -0.15) is 0 Å². The van der Waals surface area contributed by atoms with E-state index in [1.807, 2.05) is 0 Å². The molecule has 0 aromatic heterocycles. The van der Waals surface area contributed by atoms with E-state index in [1.54, 1.807) is 0 Å². The van der Waals surface area contributed by atoms with Crippen molar-refractivity contribution < 1.29 is 0 Å². The maximum atomic E-state index is 3.51. The summed E-state index contributed by atoms with van der Waals surface area (Å²) in [5.41, 5.74) is 4.22. The van der Waals surface area contributed by atoms with E-state index in [1.165, 1.54) is 29.5 Å². The normalized spacial score (nSPS) is 14.6.